The van der Waals surface area contributed by atoms with E-state index in [1.165, 1.54) is 0 Å². The minimum atomic E-state index is -6.46. The van der Waals surface area contributed by atoms with E-state index in [9.17, 15) is 35.1 Å². The van der Waals surface area contributed by atoms with Crippen LogP contribution in [0.5, 0.6) is 0 Å². The molecule has 0 saturated carbocycles. The third-order valence-electron chi connectivity index (χ3n) is 1.27. The van der Waals surface area contributed by atoms with E-state index in [2.05, 4.69) is 0 Å². The fourth-order valence-corrected chi connectivity index (χ4v) is 0.439. The SMILES string of the molecule is CC(F)C(F)(F)C(F)(F)C(F)(F)F.O=S(=O)(O)O. The van der Waals surface area contributed by atoms with E-state index in [4.69, 9.17) is 17.5 Å². The van der Waals surface area contributed by atoms with Crippen molar-refractivity contribution in [2.24, 2.45) is 0 Å². The van der Waals surface area contributed by atoms with Crippen molar-refractivity contribution in [1.82, 2.24) is 0 Å². The molecule has 0 aromatic carbocycles. The maximum atomic E-state index is 12.0. The first-order valence-electron chi connectivity index (χ1n) is 3.61. The van der Waals surface area contributed by atoms with Crippen molar-refractivity contribution in [1.29, 1.82) is 0 Å². The monoisotopic (exact) mass is 314 g/mol. The number of hydrogen-bond acceptors (Lipinski definition) is 2. The lowest BCUT2D eigenvalue weighted by Gasteiger charge is -2.28. The van der Waals surface area contributed by atoms with Gasteiger partial charge in [-0.3, -0.25) is 9.11 Å². The lowest BCUT2D eigenvalue weighted by molar-refractivity contribution is -0.364. The molecule has 0 fully saturated rings. The third-order valence-corrected chi connectivity index (χ3v) is 1.27. The van der Waals surface area contributed by atoms with Gasteiger partial charge in [-0.25, -0.2) is 4.39 Å². The Balaban J connectivity index is 0. The van der Waals surface area contributed by atoms with Gasteiger partial charge in [-0.2, -0.15) is 39.2 Å². The van der Waals surface area contributed by atoms with E-state index in [1.54, 1.807) is 0 Å². The molecule has 2 N–H and O–H groups in total. The predicted octanol–water partition coefficient (Wildman–Crippen LogP) is 2.52. The second-order valence-electron chi connectivity index (χ2n) is 2.76. The first-order valence-corrected chi connectivity index (χ1v) is 5.00. The van der Waals surface area contributed by atoms with Crippen molar-refractivity contribution in [3.63, 3.8) is 0 Å². The number of rotatable bonds is 2. The first kappa shape index (κ1) is 19.6. The molecule has 0 bridgehead atoms. The van der Waals surface area contributed by atoms with Gasteiger partial charge in [0.1, 0.15) is 0 Å². The van der Waals surface area contributed by atoms with Gasteiger partial charge in [-0.05, 0) is 6.92 Å². The summed E-state index contributed by atoms with van der Waals surface area (Å²) < 4.78 is 125. The first-order chi connectivity index (χ1) is 7.44. The molecule has 0 saturated heterocycles. The highest BCUT2D eigenvalue weighted by molar-refractivity contribution is 7.79. The summed E-state index contributed by atoms with van der Waals surface area (Å²) in [6, 6.07) is 0. The molecule has 18 heavy (non-hydrogen) atoms. The Morgan fingerprint density at radius 2 is 1.17 bits per heavy atom. The standard InChI is InChI=1S/C5H4F8.H2O4S/c1-2(6)3(7,8)4(9,10)5(11,12)13;1-5(2,3)4/h2H,1H3;(H2,1,2,3,4). The van der Waals surface area contributed by atoms with Crippen molar-refractivity contribution >= 4 is 10.4 Å². The van der Waals surface area contributed by atoms with Gasteiger partial charge in [0, 0.05) is 0 Å². The lowest BCUT2D eigenvalue weighted by atomic mass is 10.1. The lowest BCUT2D eigenvalue weighted by Crippen LogP contribution is -2.55. The smallest absolute Gasteiger partial charge is 0.264 e. The fraction of sp³-hybridized carbons (Fsp3) is 1.00. The molecule has 13 heteroatoms. The summed E-state index contributed by atoms with van der Waals surface area (Å²) in [5, 5.41) is 0. The average molecular weight is 314 g/mol. The highest BCUT2D eigenvalue weighted by atomic mass is 32.3. The summed E-state index contributed by atoms with van der Waals surface area (Å²) >= 11 is 0. The average Bonchev–Trinajstić information content (AvgIpc) is 1.97. The maximum absolute atomic E-state index is 12.0. The van der Waals surface area contributed by atoms with Crippen molar-refractivity contribution in [2.45, 2.75) is 31.1 Å². The van der Waals surface area contributed by atoms with Crippen LogP contribution in [0, 0.1) is 0 Å². The molecular weight excluding hydrogens is 308 g/mol. The molecular formula is C5H6F8O4S. The van der Waals surface area contributed by atoms with E-state index in [1.807, 2.05) is 0 Å². The van der Waals surface area contributed by atoms with E-state index < -0.39 is 34.6 Å². The summed E-state index contributed by atoms with van der Waals surface area (Å²) in [7, 11) is -4.67. The minimum Gasteiger partial charge on any atom is -0.264 e. The molecule has 0 spiro atoms. The summed E-state index contributed by atoms with van der Waals surface area (Å²) in [5.41, 5.74) is 0. The van der Waals surface area contributed by atoms with Crippen LogP contribution in [0.25, 0.3) is 0 Å². The molecule has 0 aliphatic heterocycles. The molecule has 0 aliphatic carbocycles. The molecule has 0 rings (SSSR count). The summed E-state index contributed by atoms with van der Waals surface area (Å²) in [6.45, 7) is -0.0698. The van der Waals surface area contributed by atoms with Gasteiger partial charge in [-0.1, -0.05) is 0 Å². The predicted molar refractivity (Wildman–Crippen MR) is 40.7 cm³/mol. The molecule has 0 aromatic heterocycles. The van der Waals surface area contributed by atoms with Gasteiger partial charge in [0.15, 0.2) is 6.17 Å². The highest BCUT2D eigenvalue weighted by Gasteiger charge is 2.75. The Kier molecular flexibility index (Phi) is 6.03. The molecule has 1 unspecified atom stereocenters. The largest absolute Gasteiger partial charge is 0.459 e. The number of halogens is 8. The van der Waals surface area contributed by atoms with Crippen LogP contribution in [0.1, 0.15) is 6.92 Å². The van der Waals surface area contributed by atoms with E-state index in [-0.39, 0.29) is 6.92 Å². The van der Waals surface area contributed by atoms with Crippen molar-refractivity contribution in [3.8, 4) is 0 Å². The summed E-state index contributed by atoms with van der Waals surface area (Å²) in [5.74, 6) is -12.1. The van der Waals surface area contributed by atoms with Crippen LogP contribution in [0.3, 0.4) is 0 Å². The van der Waals surface area contributed by atoms with Crippen molar-refractivity contribution in [3.05, 3.63) is 0 Å². The maximum Gasteiger partial charge on any atom is 0.459 e. The Morgan fingerprint density at radius 3 is 1.22 bits per heavy atom. The van der Waals surface area contributed by atoms with Crippen LogP contribution < -0.4 is 0 Å². The zero-order valence-electron chi connectivity index (χ0n) is 8.22. The minimum absolute atomic E-state index is 0.0698. The van der Waals surface area contributed by atoms with Crippen molar-refractivity contribution < 1.29 is 52.6 Å². The zero-order valence-corrected chi connectivity index (χ0v) is 9.04. The van der Waals surface area contributed by atoms with Crippen molar-refractivity contribution in [2.75, 3.05) is 0 Å². The molecule has 4 nitrogen and oxygen atoms in total. The van der Waals surface area contributed by atoms with Crippen LogP contribution in [0.15, 0.2) is 0 Å². The topological polar surface area (TPSA) is 74.6 Å². The van der Waals surface area contributed by atoms with Crippen LogP contribution >= 0.6 is 0 Å². The normalized spacial score (nSPS) is 15.7. The third kappa shape index (κ3) is 5.77. The van der Waals surface area contributed by atoms with Gasteiger partial charge in [0.2, 0.25) is 0 Å². The van der Waals surface area contributed by atoms with E-state index in [0.717, 1.165) is 0 Å². The van der Waals surface area contributed by atoms with E-state index in [0.29, 0.717) is 0 Å². The second kappa shape index (κ2) is 5.52. The quantitative estimate of drug-likeness (QED) is 0.607. The molecule has 0 amide bonds. The Morgan fingerprint density at radius 1 is 0.944 bits per heavy atom. The Bertz CT molecular complexity index is 350. The summed E-state index contributed by atoms with van der Waals surface area (Å²) in [4.78, 5) is 0. The van der Waals surface area contributed by atoms with Crippen LogP contribution in [-0.2, 0) is 10.4 Å². The van der Waals surface area contributed by atoms with Gasteiger partial charge in [0.25, 0.3) is 0 Å². The second-order valence-corrected chi connectivity index (χ2v) is 3.65. The zero-order chi connectivity index (χ0) is 15.6. The molecule has 1 atom stereocenters. The van der Waals surface area contributed by atoms with Gasteiger partial charge < -0.3 is 0 Å². The van der Waals surface area contributed by atoms with Gasteiger partial charge >= 0.3 is 28.4 Å². The van der Waals surface area contributed by atoms with Gasteiger partial charge in [-0.15, -0.1) is 0 Å². The highest BCUT2D eigenvalue weighted by Crippen LogP contribution is 2.48. The van der Waals surface area contributed by atoms with Gasteiger partial charge in [0.05, 0.1) is 0 Å². The molecule has 0 aliphatic rings. The van der Waals surface area contributed by atoms with Crippen LogP contribution in [0.2, 0.25) is 0 Å². The molecule has 0 aromatic rings. The Labute approximate surface area is 95.2 Å². The summed E-state index contributed by atoms with van der Waals surface area (Å²) in [6.07, 6.45) is -10.0. The molecule has 0 heterocycles. The number of hydrogen-bond donors (Lipinski definition) is 2. The number of alkyl halides is 8. The molecule has 112 valence electrons. The van der Waals surface area contributed by atoms with Crippen LogP contribution in [0.4, 0.5) is 35.1 Å². The fourth-order valence-electron chi connectivity index (χ4n) is 0.439. The molecule has 0 radical (unpaired) electrons. The Hall–Kier alpha value is -0.690. The van der Waals surface area contributed by atoms with Crippen LogP contribution in [-0.4, -0.2) is 41.7 Å². The van der Waals surface area contributed by atoms with E-state index >= 15 is 0 Å².